The monoisotopic (exact) mass is 547 g/mol. The Morgan fingerprint density at radius 2 is 1.77 bits per heavy atom. The van der Waals surface area contributed by atoms with E-state index in [0.29, 0.717) is 44.8 Å². The topological polar surface area (TPSA) is 69.7 Å². The molecular weight excluding hydrogens is 513 g/mol. The Morgan fingerprint density at radius 3 is 2.56 bits per heavy atom. The minimum absolute atomic E-state index is 0.0530. The summed E-state index contributed by atoms with van der Waals surface area (Å²) in [6.07, 6.45) is 7.22. The number of anilines is 1. The van der Waals surface area contributed by atoms with Gasteiger partial charge in [-0.05, 0) is 69.3 Å². The van der Waals surface area contributed by atoms with Crippen molar-refractivity contribution < 1.29 is 18.2 Å². The van der Waals surface area contributed by atoms with Crippen molar-refractivity contribution in [2.45, 2.75) is 60.9 Å². The van der Waals surface area contributed by atoms with E-state index in [9.17, 15) is 18.2 Å². The van der Waals surface area contributed by atoms with Gasteiger partial charge < -0.3 is 15.1 Å². The number of carbonyl (C=O) groups is 2. The average molecular weight is 548 g/mol. The second-order valence-corrected chi connectivity index (χ2v) is 11.7. The molecule has 0 aromatic heterocycles. The van der Waals surface area contributed by atoms with Gasteiger partial charge in [0, 0.05) is 23.7 Å². The van der Waals surface area contributed by atoms with Gasteiger partial charge in [-0.15, -0.1) is 0 Å². The van der Waals surface area contributed by atoms with Crippen LogP contribution in [-0.4, -0.2) is 47.1 Å². The molecule has 5 rings (SSSR count). The van der Waals surface area contributed by atoms with Crippen LogP contribution in [0.5, 0.6) is 0 Å². The van der Waals surface area contributed by atoms with Crippen LogP contribution in [0.2, 0.25) is 0 Å². The number of nitrogens with one attached hydrogen (secondary N) is 1. The summed E-state index contributed by atoms with van der Waals surface area (Å²) in [5.41, 5.74) is 1.35. The van der Waals surface area contributed by atoms with Crippen molar-refractivity contribution in [1.29, 1.82) is 0 Å². The van der Waals surface area contributed by atoms with Crippen molar-refractivity contribution in [2.75, 3.05) is 25.0 Å². The molecule has 8 heteroatoms. The maximum absolute atomic E-state index is 14.6. The van der Waals surface area contributed by atoms with Gasteiger partial charge in [-0.3, -0.25) is 9.59 Å². The number of amides is 2. The van der Waals surface area contributed by atoms with Crippen molar-refractivity contribution in [2.24, 2.45) is 0 Å². The van der Waals surface area contributed by atoms with E-state index in [1.165, 1.54) is 43.1 Å². The molecule has 0 radical (unpaired) electrons. The van der Waals surface area contributed by atoms with Gasteiger partial charge in [0.25, 0.3) is 11.8 Å². The highest BCUT2D eigenvalue weighted by Crippen LogP contribution is 2.36. The lowest BCUT2D eigenvalue weighted by Gasteiger charge is -2.31. The van der Waals surface area contributed by atoms with Crippen molar-refractivity contribution in [3.05, 3.63) is 89.2 Å². The SMILES string of the molecule is CN(CCCNC(=O)c1ccc2c(c1)N(Cc1ccccc1F)C(=O)c1ccccc1S2=O)C1CCCCC1. The molecule has 2 aliphatic rings. The first-order valence-electron chi connectivity index (χ1n) is 13.6. The predicted octanol–water partition coefficient (Wildman–Crippen LogP) is 5.54. The second kappa shape index (κ2) is 12.2. The van der Waals surface area contributed by atoms with E-state index >= 15 is 0 Å². The fourth-order valence-corrected chi connectivity index (χ4v) is 6.84. The fraction of sp³-hybridized carbons (Fsp3) is 0.355. The van der Waals surface area contributed by atoms with E-state index in [-0.39, 0.29) is 18.4 Å². The first-order chi connectivity index (χ1) is 18.9. The lowest BCUT2D eigenvalue weighted by atomic mass is 9.94. The summed E-state index contributed by atoms with van der Waals surface area (Å²) in [5, 5.41) is 2.99. The largest absolute Gasteiger partial charge is 0.352 e. The van der Waals surface area contributed by atoms with Crippen molar-refractivity contribution >= 4 is 28.3 Å². The van der Waals surface area contributed by atoms with Crippen molar-refractivity contribution in [1.82, 2.24) is 10.2 Å². The third-order valence-electron chi connectivity index (χ3n) is 7.73. The highest BCUT2D eigenvalue weighted by atomic mass is 32.2. The molecule has 6 nitrogen and oxygen atoms in total. The molecule has 39 heavy (non-hydrogen) atoms. The summed E-state index contributed by atoms with van der Waals surface area (Å²) in [5.74, 6) is -1.08. The molecule has 1 aliphatic carbocycles. The normalized spacial score (nSPS) is 17.5. The molecule has 1 atom stereocenters. The average Bonchev–Trinajstić information content (AvgIpc) is 3.05. The van der Waals surface area contributed by atoms with Crippen LogP contribution in [0.3, 0.4) is 0 Å². The smallest absolute Gasteiger partial charge is 0.259 e. The molecule has 204 valence electrons. The molecule has 3 aromatic rings. The van der Waals surface area contributed by atoms with Gasteiger partial charge in [-0.25, -0.2) is 8.60 Å². The van der Waals surface area contributed by atoms with Crippen molar-refractivity contribution in [3.8, 4) is 0 Å². The minimum atomic E-state index is -1.64. The first kappa shape index (κ1) is 27.2. The first-order valence-corrected chi connectivity index (χ1v) is 14.8. The number of rotatable bonds is 8. The van der Waals surface area contributed by atoms with E-state index in [0.717, 1.165) is 13.0 Å². The summed E-state index contributed by atoms with van der Waals surface area (Å²) in [4.78, 5) is 31.4. The Morgan fingerprint density at radius 1 is 1.03 bits per heavy atom. The molecule has 1 saturated carbocycles. The van der Waals surface area contributed by atoms with Gasteiger partial charge in [0.1, 0.15) is 5.82 Å². The molecule has 0 saturated heterocycles. The maximum atomic E-state index is 14.6. The lowest BCUT2D eigenvalue weighted by molar-refractivity contribution is 0.0947. The maximum Gasteiger partial charge on any atom is 0.259 e. The molecule has 0 bridgehead atoms. The highest BCUT2D eigenvalue weighted by Gasteiger charge is 2.32. The number of nitrogens with zero attached hydrogens (tertiary/aromatic N) is 2. The Hall–Kier alpha value is -3.36. The zero-order chi connectivity index (χ0) is 27.4. The predicted molar refractivity (Wildman–Crippen MR) is 151 cm³/mol. The summed E-state index contributed by atoms with van der Waals surface area (Å²) >= 11 is 0. The highest BCUT2D eigenvalue weighted by molar-refractivity contribution is 7.85. The van der Waals surface area contributed by atoms with Gasteiger partial charge in [0.2, 0.25) is 0 Å². The van der Waals surface area contributed by atoms with Crippen molar-refractivity contribution in [3.63, 3.8) is 0 Å². The third-order valence-corrected chi connectivity index (χ3v) is 9.23. The van der Waals surface area contributed by atoms with Crippen LogP contribution in [-0.2, 0) is 17.3 Å². The van der Waals surface area contributed by atoms with Crippen LogP contribution in [0, 0.1) is 5.82 Å². The van der Waals surface area contributed by atoms with E-state index in [4.69, 9.17) is 0 Å². The Bertz CT molecular complexity index is 1390. The lowest BCUT2D eigenvalue weighted by Crippen LogP contribution is -2.36. The minimum Gasteiger partial charge on any atom is -0.352 e. The van der Waals surface area contributed by atoms with Crippen LogP contribution in [0.4, 0.5) is 10.1 Å². The van der Waals surface area contributed by atoms with Gasteiger partial charge in [-0.1, -0.05) is 49.6 Å². The molecular formula is C31H34FN3O3S. The summed E-state index contributed by atoms with van der Waals surface area (Å²) in [7, 11) is 0.514. The molecule has 2 amide bonds. The van der Waals surface area contributed by atoms with Crippen LogP contribution in [0.1, 0.15) is 64.8 Å². The van der Waals surface area contributed by atoms with Gasteiger partial charge >= 0.3 is 0 Å². The Kier molecular flexibility index (Phi) is 8.53. The fourth-order valence-electron chi connectivity index (χ4n) is 5.50. The number of fused-ring (bicyclic) bond motifs is 2. The Balaban J connectivity index is 1.36. The molecule has 0 spiro atoms. The quantitative estimate of drug-likeness (QED) is 0.376. The van der Waals surface area contributed by atoms with E-state index < -0.39 is 16.6 Å². The summed E-state index contributed by atoms with van der Waals surface area (Å²) in [6.45, 7) is 1.39. The number of benzene rings is 3. The number of halogens is 1. The van der Waals surface area contributed by atoms with E-state index in [1.807, 2.05) is 0 Å². The van der Waals surface area contributed by atoms with Gasteiger partial charge in [0.05, 0.1) is 38.4 Å². The third kappa shape index (κ3) is 5.97. The van der Waals surface area contributed by atoms with Crippen LogP contribution >= 0.6 is 0 Å². The molecule has 3 aromatic carbocycles. The molecule has 1 fully saturated rings. The molecule has 1 heterocycles. The van der Waals surface area contributed by atoms with Crippen LogP contribution in [0.15, 0.2) is 76.5 Å². The summed E-state index contributed by atoms with van der Waals surface area (Å²) < 4.78 is 28.2. The molecule has 1 N–H and O–H groups in total. The number of carbonyl (C=O) groups excluding carboxylic acids is 2. The second-order valence-electron chi connectivity index (χ2n) is 10.3. The number of hydrogen-bond acceptors (Lipinski definition) is 4. The Labute approximate surface area is 231 Å². The van der Waals surface area contributed by atoms with Gasteiger partial charge in [0.15, 0.2) is 0 Å². The van der Waals surface area contributed by atoms with Crippen LogP contribution in [0.25, 0.3) is 0 Å². The van der Waals surface area contributed by atoms with E-state index in [1.54, 1.807) is 60.7 Å². The molecule has 1 unspecified atom stereocenters. The molecule has 1 aliphatic heterocycles. The van der Waals surface area contributed by atoms with E-state index in [2.05, 4.69) is 17.3 Å². The van der Waals surface area contributed by atoms with Crippen LogP contribution < -0.4 is 10.2 Å². The zero-order valence-corrected chi connectivity index (χ0v) is 23.0. The van der Waals surface area contributed by atoms with Gasteiger partial charge in [-0.2, -0.15) is 0 Å². The number of hydrogen-bond donors (Lipinski definition) is 1. The zero-order valence-electron chi connectivity index (χ0n) is 22.2. The standard InChI is InChI=1S/C31H34FN3O3S/c1-34(24-11-3-2-4-12-24)19-9-18-33-30(36)22-16-17-29-27(20-22)35(21-23-10-5-7-14-26(23)32)31(37)25-13-6-8-15-28(25)39(29)38/h5-8,10,13-17,20,24H,2-4,9,11-12,18-19,21H2,1H3,(H,33,36). The summed E-state index contributed by atoms with van der Waals surface area (Å²) in [6, 6.07) is 18.5.